The van der Waals surface area contributed by atoms with Gasteiger partial charge in [-0.1, -0.05) is 24.1 Å². The van der Waals surface area contributed by atoms with Gasteiger partial charge in [-0.25, -0.2) is 0 Å². The van der Waals surface area contributed by atoms with E-state index >= 15 is 0 Å². The molecule has 2 heteroatoms. The number of fused-ring (bicyclic) bond motifs is 1. The standard InChI is InChI=1S/C16H12O2/c1-2-12-3-5-13(6-4-12)14-7-8-15-16(11-14)18-10-9-17-15/h1,3-8,11H,9-10H2. The highest BCUT2D eigenvalue weighted by molar-refractivity contribution is 5.68. The van der Waals surface area contributed by atoms with Crippen LogP contribution in [0.5, 0.6) is 11.5 Å². The van der Waals surface area contributed by atoms with Gasteiger partial charge in [0.25, 0.3) is 0 Å². The summed E-state index contributed by atoms with van der Waals surface area (Å²) in [6.45, 7) is 1.22. The third-order valence-corrected chi connectivity index (χ3v) is 2.93. The van der Waals surface area contributed by atoms with Crippen LogP contribution < -0.4 is 9.47 Å². The van der Waals surface area contributed by atoms with Crippen LogP contribution in [0.2, 0.25) is 0 Å². The molecule has 0 atom stereocenters. The Morgan fingerprint density at radius 1 is 0.833 bits per heavy atom. The maximum atomic E-state index is 5.57. The lowest BCUT2D eigenvalue weighted by Crippen LogP contribution is -2.15. The Labute approximate surface area is 106 Å². The molecule has 1 heterocycles. The van der Waals surface area contributed by atoms with Crippen molar-refractivity contribution in [2.24, 2.45) is 0 Å². The molecule has 18 heavy (non-hydrogen) atoms. The zero-order chi connectivity index (χ0) is 12.4. The van der Waals surface area contributed by atoms with Crippen molar-refractivity contribution in [2.75, 3.05) is 13.2 Å². The Hall–Kier alpha value is -2.40. The molecule has 2 aromatic rings. The molecule has 1 aliphatic heterocycles. The fourth-order valence-electron chi connectivity index (χ4n) is 1.98. The van der Waals surface area contributed by atoms with Crippen LogP contribution in [-0.2, 0) is 0 Å². The van der Waals surface area contributed by atoms with Crippen LogP contribution in [0.25, 0.3) is 11.1 Å². The van der Waals surface area contributed by atoms with Gasteiger partial charge in [0.05, 0.1) is 0 Å². The summed E-state index contributed by atoms with van der Waals surface area (Å²) in [7, 11) is 0. The number of benzene rings is 2. The lowest BCUT2D eigenvalue weighted by molar-refractivity contribution is 0.171. The van der Waals surface area contributed by atoms with Crippen LogP contribution in [0.15, 0.2) is 42.5 Å². The summed E-state index contributed by atoms with van der Waals surface area (Å²) in [6.07, 6.45) is 5.34. The van der Waals surface area contributed by atoms with Crippen LogP contribution in [-0.4, -0.2) is 13.2 Å². The molecular formula is C16H12O2. The van der Waals surface area contributed by atoms with E-state index in [1.807, 2.05) is 42.5 Å². The third-order valence-electron chi connectivity index (χ3n) is 2.93. The molecule has 0 aliphatic carbocycles. The predicted octanol–water partition coefficient (Wildman–Crippen LogP) is 3.11. The molecule has 0 aromatic heterocycles. The third kappa shape index (κ3) is 1.91. The first-order chi connectivity index (χ1) is 8.86. The minimum atomic E-state index is 0.604. The van der Waals surface area contributed by atoms with E-state index in [2.05, 4.69) is 5.92 Å². The summed E-state index contributed by atoms with van der Waals surface area (Å²) in [5.41, 5.74) is 3.10. The Balaban J connectivity index is 1.98. The van der Waals surface area contributed by atoms with Crippen LogP contribution in [0.4, 0.5) is 0 Å². The summed E-state index contributed by atoms with van der Waals surface area (Å²) in [5.74, 6) is 4.23. The largest absolute Gasteiger partial charge is 0.486 e. The predicted molar refractivity (Wildman–Crippen MR) is 70.8 cm³/mol. The molecule has 2 nitrogen and oxygen atoms in total. The molecule has 88 valence electrons. The molecule has 0 radical (unpaired) electrons. The molecule has 0 bridgehead atoms. The van der Waals surface area contributed by atoms with E-state index in [1.54, 1.807) is 0 Å². The van der Waals surface area contributed by atoms with Gasteiger partial charge in [-0.15, -0.1) is 6.42 Å². The van der Waals surface area contributed by atoms with E-state index in [4.69, 9.17) is 15.9 Å². The molecule has 0 saturated heterocycles. The monoisotopic (exact) mass is 236 g/mol. The average Bonchev–Trinajstić information content (AvgIpc) is 2.47. The van der Waals surface area contributed by atoms with E-state index in [1.165, 1.54) is 0 Å². The second-order valence-corrected chi connectivity index (χ2v) is 4.08. The summed E-state index contributed by atoms with van der Waals surface area (Å²) >= 11 is 0. The highest BCUT2D eigenvalue weighted by atomic mass is 16.6. The molecular weight excluding hydrogens is 224 g/mol. The summed E-state index contributed by atoms with van der Waals surface area (Å²) in [6, 6.07) is 13.9. The molecule has 0 fully saturated rings. The fourth-order valence-corrected chi connectivity index (χ4v) is 1.98. The van der Waals surface area contributed by atoms with Crippen LogP contribution in [0.3, 0.4) is 0 Å². The maximum Gasteiger partial charge on any atom is 0.161 e. The minimum Gasteiger partial charge on any atom is -0.486 e. The van der Waals surface area contributed by atoms with Crippen molar-refractivity contribution in [2.45, 2.75) is 0 Å². The Morgan fingerprint density at radius 2 is 1.50 bits per heavy atom. The number of hydrogen-bond donors (Lipinski definition) is 0. The summed E-state index contributed by atoms with van der Waals surface area (Å²) < 4.78 is 11.1. The number of hydrogen-bond acceptors (Lipinski definition) is 2. The molecule has 0 saturated carbocycles. The number of terminal acetylenes is 1. The Kier molecular flexibility index (Phi) is 2.66. The molecule has 0 unspecified atom stereocenters. The van der Waals surface area contributed by atoms with Gasteiger partial charge in [-0.05, 0) is 35.4 Å². The first-order valence-corrected chi connectivity index (χ1v) is 5.83. The lowest BCUT2D eigenvalue weighted by Gasteiger charge is -2.18. The Bertz CT molecular complexity index is 606. The average molecular weight is 236 g/mol. The van der Waals surface area contributed by atoms with E-state index in [-0.39, 0.29) is 0 Å². The zero-order valence-corrected chi connectivity index (χ0v) is 9.85. The van der Waals surface area contributed by atoms with Gasteiger partial charge in [0.2, 0.25) is 0 Å². The second kappa shape index (κ2) is 4.46. The van der Waals surface area contributed by atoms with Crippen molar-refractivity contribution in [3.8, 4) is 35.0 Å². The first-order valence-electron chi connectivity index (χ1n) is 5.83. The SMILES string of the molecule is C#Cc1ccc(-c2ccc3c(c2)OCCO3)cc1. The maximum absolute atomic E-state index is 5.57. The minimum absolute atomic E-state index is 0.604. The summed E-state index contributed by atoms with van der Waals surface area (Å²) in [5, 5.41) is 0. The number of rotatable bonds is 1. The highest BCUT2D eigenvalue weighted by Crippen LogP contribution is 2.34. The quantitative estimate of drug-likeness (QED) is 0.708. The molecule has 2 aromatic carbocycles. The molecule has 0 spiro atoms. The van der Waals surface area contributed by atoms with E-state index < -0.39 is 0 Å². The van der Waals surface area contributed by atoms with Gasteiger partial charge < -0.3 is 9.47 Å². The van der Waals surface area contributed by atoms with Gasteiger partial charge in [-0.3, -0.25) is 0 Å². The van der Waals surface area contributed by atoms with Gasteiger partial charge in [0.1, 0.15) is 13.2 Å². The number of ether oxygens (including phenoxy) is 2. The topological polar surface area (TPSA) is 18.5 Å². The van der Waals surface area contributed by atoms with E-state index in [0.29, 0.717) is 13.2 Å². The lowest BCUT2D eigenvalue weighted by atomic mass is 10.0. The van der Waals surface area contributed by atoms with Gasteiger partial charge >= 0.3 is 0 Å². The van der Waals surface area contributed by atoms with Crippen LogP contribution in [0.1, 0.15) is 5.56 Å². The second-order valence-electron chi connectivity index (χ2n) is 4.08. The Morgan fingerprint density at radius 3 is 2.22 bits per heavy atom. The fraction of sp³-hybridized carbons (Fsp3) is 0.125. The van der Waals surface area contributed by atoms with Crippen molar-refractivity contribution >= 4 is 0 Å². The van der Waals surface area contributed by atoms with Crippen LogP contribution >= 0.6 is 0 Å². The zero-order valence-electron chi connectivity index (χ0n) is 9.85. The van der Waals surface area contributed by atoms with Gasteiger partial charge in [0.15, 0.2) is 11.5 Å². The van der Waals surface area contributed by atoms with E-state index in [0.717, 1.165) is 28.2 Å². The van der Waals surface area contributed by atoms with Crippen LogP contribution in [0, 0.1) is 12.3 Å². The normalized spacial score (nSPS) is 12.8. The van der Waals surface area contributed by atoms with E-state index in [9.17, 15) is 0 Å². The smallest absolute Gasteiger partial charge is 0.161 e. The van der Waals surface area contributed by atoms with Crippen molar-refractivity contribution in [1.29, 1.82) is 0 Å². The molecule has 1 aliphatic rings. The van der Waals surface area contributed by atoms with Crippen molar-refractivity contribution in [3.63, 3.8) is 0 Å². The van der Waals surface area contributed by atoms with Gasteiger partial charge in [0, 0.05) is 5.56 Å². The van der Waals surface area contributed by atoms with Crippen molar-refractivity contribution < 1.29 is 9.47 Å². The molecule has 0 amide bonds. The van der Waals surface area contributed by atoms with Crippen molar-refractivity contribution in [3.05, 3.63) is 48.0 Å². The highest BCUT2D eigenvalue weighted by Gasteiger charge is 2.12. The molecule has 0 N–H and O–H groups in total. The molecule has 3 rings (SSSR count). The summed E-state index contributed by atoms with van der Waals surface area (Å²) in [4.78, 5) is 0. The van der Waals surface area contributed by atoms with Gasteiger partial charge in [-0.2, -0.15) is 0 Å². The first kappa shape index (κ1) is 10.7. The van der Waals surface area contributed by atoms with Crippen molar-refractivity contribution in [1.82, 2.24) is 0 Å².